The molecule has 20 heavy (non-hydrogen) atoms. The molecule has 1 saturated carbocycles. The second-order valence-electron chi connectivity index (χ2n) is 7.22. The van der Waals surface area contributed by atoms with Crippen LogP contribution in [-0.2, 0) is 4.74 Å². The number of hydrogen-bond donors (Lipinski definition) is 1. The lowest BCUT2D eigenvalue weighted by molar-refractivity contribution is -0.00281. The van der Waals surface area contributed by atoms with E-state index in [9.17, 15) is 0 Å². The highest BCUT2D eigenvalue weighted by molar-refractivity contribution is 4.87. The minimum absolute atomic E-state index is 0.414. The fourth-order valence-corrected chi connectivity index (χ4v) is 4.02. The Morgan fingerprint density at radius 3 is 2.75 bits per heavy atom. The molecule has 2 aliphatic rings. The summed E-state index contributed by atoms with van der Waals surface area (Å²) in [5, 5.41) is 0. The van der Waals surface area contributed by atoms with Crippen LogP contribution in [0.15, 0.2) is 0 Å². The van der Waals surface area contributed by atoms with Gasteiger partial charge in [0.05, 0.1) is 6.10 Å². The Kier molecular flexibility index (Phi) is 6.31. The molecule has 1 heterocycles. The molecule has 1 aliphatic carbocycles. The lowest BCUT2D eigenvalue weighted by Gasteiger charge is -2.40. The Morgan fingerprint density at radius 1 is 1.25 bits per heavy atom. The van der Waals surface area contributed by atoms with Crippen molar-refractivity contribution >= 4 is 0 Å². The van der Waals surface area contributed by atoms with Crippen LogP contribution in [0.25, 0.3) is 0 Å². The Balaban J connectivity index is 1.84. The highest BCUT2D eigenvalue weighted by Gasteiger charge is 2.32. The standard InChI is InChI=1S/C17H34N2O/c1-4-20-16-6-5-9-19(12-16)11-15-10-14(13(2)3)7-8-17(15)18/h13-17H,4-12,18H2,1-3H3. The quantitative estimate of drug-likeness (QED) is 0.842. The summed E-state index contributed by atoms with van der Waals surface area (Å²) in [5.41, 5.74) is 6.39. The first-order valence-electron chi connectivity index (χ1n) is 8.69. The molecule has 0 radical (unpaired) electrons. The number of piperidine rings is 1. The summed E-state index contributed by atoms with van der Waals surface area (Å²) in [6.07, 6.45) is 6.84. The van der Waals surface area contributed by atoms with Gasteiger partial charge in [-0.3, -0.25) is 0 Å². The molecule has 4 unspecified atom stereocenters. The van der Waals surface area contributed by atoms with Gasteiger partial charge in [-0.25, -0.2) is 0 Å². The molecule has 0 aromatic rings. The summed E-state index contributed by atoms with van der Waals surface area (Å²) in [4.78, 5) is 2.61. The zero-order valence-corrected chi connectivity index (χ0v) is 13.7. The number of hydrogen-bond acceptors (Lipinski definition) is 3. The topological polar surface area (TPSA) is 38.5 Å². The van der Waals surface area contributed by atoms with E-state index in [0.717, 1.165) is 25.0 Å². The van der Waals surface area contributed by atoms with E-state index < -0.39 is 0 Å². The van der Waals surface area contributed by atoms with Crippen LogP contribution in [0.2, 0.25) is 0 Å². The fourth-order valence-electron chi connectivity index (χ4n) is 4.02. The third kappa shape index (κ3) is 4.44. The molecule has 4 atom stereocenters. The molecule has 2 N–H and O–H groups in total. The van der Waals surface area contributed by atoms with Crippen molar-refractivity contribution in [1.82, 2.24) is 4.90 Å². The Morgan fingerprint density at radius 2 is 2.05 bits per heavy atom. The zero-order valence-electron chi connectivity index (χ0n) is 13.7. The van der Waals surface area contributed by atoms with E-state index in [1.54, 1.807) is 0 Å². The van der Waals surface area contributed by atoms with Crippen molar-refractivity contribution < 1.29 is 4.74 Å². The fraction of sp³-hybridized carbons (Fsp3) is 1.00. The van der Waals surface area contributed by atoms with Crippen molar-refractivity contribution in [2.24, 2.45) is 23.5 Å². The Hall–Kier alpha value is -0.120. The second kappa shape index (κ2) is 7.77. The van der Waals surface area contributed by atoms with Crippen LogP contribution >= 0.6 is 0 Å². The first-order valence-corrected chi connectivity index (χ1v) is 8.69. The minimum atomic E-state index is 0.414. The third-order valence-corrected chi connectivity index (χ3v) is 5.38. The zero-order chi connectivity index (χ0) is 14.5. The summed E-state index contributed by atoms with van der Waals surface area (Å²) in [6, 6.07) is 0.414. The smallest absolute Gasteiger partial charge is 0.0702 e. The number of rotatable bonds is 5. The van der Waals surface area contributed by atoms with Gasteiger partial charge in [0, 0.05) is 25.7 Å². The van der Waals surface area contributed by atoms with E-state index >= 15 is 0 Å². The van der Waals surface area contributed by atoms with Crippen molar-refractivity contribution in [1.29, 1.82) is 0 Å². The first kappa shape index (κ1) is 16.3. The maximum absolute atomic E-state index is 6.39. The normalized spacial score (nSPS) is 36.5. The maximum atomic E-state index is 6.39. The minimum Gasteiger partial charge on any atom is -0.377 e. The van der Waals surface area contributed by atoms with Gasteiger partial charge in [-0.1, -0.05) is 13.8 Å². The molecular weight excluding hydrogens is 248 g/mol. The summed E-state index contributed by atoms with van der Waals surface area (Å²) in [6.45, 7) is 11.2. The molecule has 0 aromatic carbocycles. The Labute approximate surface area is 125 Å². The average Bonchev–Trinajstić information content (AvgIpc) is 2.42. The van der Waals surface area contributed by atoms with Crippen LogP contribution in [0.1, 0.15) is 52.9 Å². The molecule has 3 heteroatoms. The van der Waals surface area contributed by atoms with E-state index in [4.69, 9.17) is 10.5 Å². The maximum Gasteiger partial charge on any atom is 0.0702 e. The molecule has 2 fully saturated rings. The molecular formula is C17H34N2O. The molecule has 1 aliphatic heterocycles. The highest BCUT2D eigenvalue weighted by atomic mass is 16.5. The van der Waals surface area contributed by atoms with Gasteiger partial charge in [-0.05, 0) is 63.3 Å². The predicted molar refractivity (Wildman–Crippen MR) is 84.7 cm³/mol. The molecule has 3 nitrogen and oxygen atoms in total. The third-order valence-electron chi connectivity index (χ3n) is 5.38. The molecule has 118 valence electrons. The first-order chi connectivity index (χ1) is 9.60. The molecule has 0 spiro atoms. The molecule has 1 saturated heterocycles. The van der Waals surface area contributed by atoms with Crippen molar-refractivity contribution in [2.45, 2.75) is 65.0 Å². The number of nitrogens with zero attached hydrogens (tertiary/aromatic N) is 1. The van der Waals surface area contributed by atoms with Crippen LogP contribution in [-0.4, -0.2) is 43.3 Å². The van der Waals surface area contributed by atoms with E-state index in [1.165, 1.54) is 45.2 Å². The second-order valence-corrected chi connectivity index (χ2v) is 7.22. The van der Waals surface area contributed by atoms with E-state index in [1.807, 2.05) is 0 Å². The molecule has 0 bridgehead atoms. The summed E-state index contributed by atoms with van der Waals surface area (Å²) < 4.78 is 5.82. The summed E-state index contributed by atoms with van der Waals surface area (Å²) >= 11 is 0. The SMILES string of the molecule is CCOC1CCCN(CC2CC(C(C)C)CCC2N)C1. The largest absolute Gasteiger partial charge is 0.377 e. The van der Waals surface area contributed by atoms with Gasteiger partial charge in [0.15, 0.2) is 0 Å². The lowest BCUT2D eigenvalue weighted by Crippen LogP contribution is -2.47. The van der Waals surface area contributed by atoms with Crippen molar-refractivity contribution in [2.75, 3.05) is 26.2 Å². The lowest BCUT2D eigenvalue weighted by atomic mass is 9.73. The van der Waals surface area contributed by atoms with Crippen molar-refractivity contribution in [3.05, 3.63) is 0 Å². The Bertz CT molecular complexity index is 280. The predicted octanol–water partition coefficient (Wildman–Crippen LogP) is 2.89. The van der Waals surface area contributed by atoms with Crippen LogP contribution in [0.3, 0.4) is 0 Å². The van der Waals surface area contributed by atoms with Gasteiger partial charge in [-0.2, -0.15) is 0 Å². The van der Waals surface area contributed by atoms with Crippen LogP contribution < -0.4 is 5.73 Å². The van der Waals surface area contributed by atoms with Gasteiger partial charge in [-0.15, -0.1) is 0 Å². The van der Waals surface area contributed by atoms with Gasteiger partial charge in [0.2, 0.25) is 0 Å². The van der Waals surface area contributed by atoms with Gasteiger partial charge in [0.1, 0.15) is 0 Å². The average molecular weight is 282 g/mol. The van der Waals surface area contributed by atoms with Crippen LogP contribution in [0, 0.1) is 17.8 Å². The monoisotopic (exact) mass is 282 g/mol. The van der Waals surface area contributed by atoms with Crippen LogP contribution in [0.5, 0.6) is 0 Å². The van der Waals surface area contributed by atoms with Crippen molar-refractivity contribution in [3.8, 4) is 0 Å². The number of nitrogens with two attached hydrogens (primary N) is 1. The van der Waals surface area contributed by atoms with E-state index in [0.29, 0.717) is 18.1 Å². The summed E-state index contributed by atoms with van der Waals surface area (Å²) in [5.74, 6) is 2.38. The molecule has 0 amide bonds. The van der Waals surface area contributed by atoms with Crippen LogP contribution in [0.4, 0.5) is 0 Å². The van der Waals surface area contributed by atoms with Gasteiger partial charge >= 0.3 is 0 Å². The highest BCUT2D eigenvalue weighted by Crippen LogP contribution is 2.34. The molecule has 0 aromatic heterocycles. The summed E-state index contributed by atoms with van der Waals surface area (Å²) in [7, 11) is 0. The van der Waals surface area contributed by atoms with E-state index in [-0.39, 0.29) is 0 Å². The van der Waals surface area contributed by atoms with Crippen molar-refractivity contribution in [3.63, 3.8) is 0 Å². The van der Waals surface area contributed by atoms with Gasteiger partial charge in [0.25, 0.3) is 0 Å². The number of likely N-dealkylation sites (tertiary alicyclic amines) is 1. The van der Waals surface area contributed by atoms with E-state index in [2.05, 4.69) is 25.7 Å². The van der Waals surface area contributed by atoms with Gasteiger partial charge < -0.3 is 15.4 Å². The molecule has 2 rings (SSSR count). The number of ether oxygens (including phenoxy) is 1.